The Morgan fingerprint density at radius 1 is 1.19 bits per heavy atom. The number of methoxy groups -OCH3 is 2. The molecular weight excluding hydrogens is 212 g/mol. The molecule has 0 atom stereocenters. The van der Waals surface area contributed by atoms with Crippen LogP contribution in [0.3, 0.4) is 0 Å². The SMILES string of the molecule is COC(=O)C(Cc1ncccn1)C(=O)OC. The second kappa shape index (κ2) is 5.79. The highest BCUT2D eigenvalue weighted by Gasteiger charge is 2.29. The maximum atomic E-state index is 11.3. The summed E-state index contributed by atoms with van der Waals surface area (Å²) in [4.78, 5) is 30.5. The fourth-order valence-electron chi connectivity index (χ4n) is 1.17. The van der Waals surface area contributed by atoms with Gasteiger partial charge < -0.3 is 9.47 Å². The summed E-state index contributed by atoms with van der Waals surface area (Å²) in [5.74, 6) is -1.93. The first-order chi connectivity index (χ1) is 7.69. The first kappa shape index (κ1) is 12.1. The van der Waals surface area contributed by atoms with Gasteiger partial charge in [0.25, 0.3) is 0 Å². The van der Waals surface area contributed by atoms with Gasteiger partial charge in [0.1, 0.15) is 5.82 Å². The topological polar surface area (TPSA) is 78.4 Å². The van der Waals surface area contributed by atoms with E-state index in [0.717, 1.165) is 0 Å². The number of nitrogens with zero attached hydrogens (tertiary/aromatic N) is 2. The van der Waals surface area contributed by atoms with Crippen molar-refractivity contribution in [3.05, 3.63) is 24.3 Å². The normalized spacial score (nSPS) is 9.94. The smallest absolute Gasteiger partial charge is 0.320 e. The average molecular weight is 224 g/mol. The Morgan fingerprint density at radius 2 is 1.69 bits per heavy atom. The highest BCUT2D eigenvalue weighted by molar-refractivity contribution is 5.94. The molecule has 1 aromatic rings. The average Bonchev–Trinajstić information content (AvgIpc) is 2.35. The van der Waals surface area contributed by atoms with Crippen molar-refractivity contribution in [2.75, 3.05) is 14.2 Å². The zero-order valence-electron chi connectivity index (χ0n) is 9.04. The van der Waals surface area contributed by atoms with E-state index in [1.165, 1.54) is 26.6 Å². The molecule has 0 amide bonds. The number of hydrogen-bond acceptors (Lipinski definition) is 6. The standard InChI is InChI=1S/C10H12N2O4/c1-15-9(13)7(10(14)16-2)6-8-11-4-3-5-12-8/h3-5,7H,6H2,1-2H3. The molecule has 0 saturated heterocycles. The van der Waals surface area contributed by atoms with Crippen LogP contribution in [0.2, 0.25) is 0 Å². The Labute approximate surface area is 92.6 Å². The quantitative estimate of drug-likeness (QED) is 0.528. The fraction of sp³-hybridized carbons (Fsp3) is 0.400. The molecule has 0 unspecified atom stereocenters. The van der Waals surface area contributed by atoms with Gasteiger partial charge in [0.2, 0.25) is 0 Å². The van der Waals surface area contributed by atoms with Crippen molar-refractivity contribution in [1.29, 1.82) is 0 Å². The van der Waals surface area contributed by atoms with E-state index in [1.54, 1.807) is 6.07 Å². The van der Waals surface area contributed by atoms with Crippen molar-refractivity contribution in [2.24, 2.45) is 5.92 Å². The lowest BCUT2D eigenvalue weighted by Gasteiger charge is -2.10. The highest BCUT2D eigenvalue weighted by atomic mass is 16.5. The third-order valence-electron chi connectivity index (χ3n) is 1.98. The Morgan fingerprint density at radius 3 is 2.12 bits per heavy atom. The van der Waals surface area contributed by atoms with E-state index < -0.39 is 17.9 Å². The van der Waals surface area contributed by atoms with E-state index in [4.69, 9.17) is 0 Å². The van der Waals surface area contributed by atoms with Crippen LogP contribution in [0.1, 0.15) is 5.82 Å². The Hall–Kier alpha value is -1.98. The molecule has 0 spiro atoms. The maximum absolute atomic E-state index is 11.3. The summed E-state index contributed by atoms with van der Waals surface area (Å²) < 4.78 is 9.02. The van der Waals surface area contributed by atoms with Crippen LogP contribution in [0.25, 0.3) is 0 Å². The molecule has 0 aliphatic heterocycles. The minimum absolute atomic E-state index is 0.0696. The zero-order chi connectivity index (χ0) is 12.0. The zero-order valence-corrected chi connectivity index (χ0v) is 9.04. The van der Waals surface area contributed by atoms with Gasteiger partial charge in [-0.3, -0.25) is 9.59 Å². The molecule has 0 N–H and O–H groups in total. The van der Waals surface area contributed by atoms with Gasteiger partial charge in [-0.15, -0.1) is 0 Å². The lowest BCUT2D eigenvalue weighted by Crippen LogP contribution is -2.29. The molecule has 0 aliphatic rings. The van der Waals surface area contributed by atoms with Gasteiger partial charge in [0.05, 0.1) is 14.2 Å². The molecule has 1 rings (SSSR count). The van der Waals surface area contributed by atoms with Crippen LogP contribution in [0, 0.1) is 5.92 Å². The van der Waals surface area contributed by atoms with E-state index in [9.17, 15) is 9.59 Å². The molecule has 16 heavy (non-hydrogen) atoms. The largest absolute Gasteiger partial charge is 0.468 e. The van der Waals surface area contributed by atoms with Crippen molar-refractivity contribution >= 4 is 11.9 Å². The molecule has 1 heterocycles. The van der Waals surface area contributed by atoms with Crippen molar-refractivity contribution < 1.29 is 19.1 Å². The summed E-state index contributed by atoms with van der Waals surface area (Å²) in [6.07, 6.45) is 3.14. The van der Waals surface area contributed by atoms with Crippen LogP contribution < -0.4 is 0 Å². The summed E-state index contributed by atoms with van der Waals surface area (Å²) in [5, 5.41) is 0. The minimum atomic E-state index is -1.02. The second-order valence-corrected chi connectivity index (χ2v) is 2.97. The van der Waals surface area contributed by atoms with Gasteiger partial charge in [-0.2, -0.15) is 0 Å². The monoisotopic (exact) mass is 224 g/mol. The third-order valence-corrected chi connectivity index (χ3v) is 1.98. The predicted octanol–water partition coefficient (Wildman–Crippen LogP) is -0.0187. The fourth-order valence-corrected chi connectivity index (χ4v) is 1.17. The van der Waals surface area contributed by atoms with Gasteiger partial charge in [0.15, 0.2) is 5.92 Å². The lowest BCUT2D eigenvalue weighted by molar-refractivity contribution is -0.158. The second-order valence-electron chi connectivity index (χ2n) is 2.97. The summed E-state index contributed by atoms with van der Waals surface area (Å²) in [6.45, 7) is 0. The number of esters is 2. The van der Waals surface area contributed by atoms with E-state index in [0.29, 0.717) is 5.82 Å². The molecule has 6 heteroatoms. The van der Waals surface area contributed by atoms with Gasteiger partial charge in [-0.05, 0) is 6.07 Å². The highest BCUT2D eigenvalue weighted by Crippen LogP contribution is 2.08. The Bertz CT molecular complexity index is 350. The van der Waals surface area contributed by atoms with Gasteiger partial charge in [-0.25, -0.2) is 9.97 Å². The van der Waals surface area contributed by atoms with E-state index >= 15 is 0 Å². The molecule has 0 aromatic carbocycles. The third kappa shape index (κ3) is 3.01. The number of rotatable bonds is 4. The molecule has 1 aromatic heterocycles. The minimum Gasteiger partial charge on any atom is -0.468 e. The summed E-state index contributed by atoms with van der Waals surface area (Å²) in [7, 11) is 2.42. The molecule has 0 aliphatic carbocycles. The number of carbonyl (C=O) groups excluding carboxylic acids is 2. The lowest BCUT2D eigenvalue weighted by atomic mass is 10.1. The molecule has 0 fully saturated rings. The summed E-state index contributed by atoms with van der Waals surface area (Å²) in [6, 6.07) is 1.65. The molecule has 0 radical (unpaired) electrons. The number of hydrogen-bond donors (Lipinski definition) is 0. The van der Waals surface area contributed by atoms with E-state index in [-0.39, 0.29) is 6.42 Å². The van der Waals surface area contributed by atoms with Gasteiger partial charge >= 0.3 is 11.9 Å². The number of carbonyl (C=O) groups is 2. The first-order valence-corrected chi connectivity index (χ1v) is 4.60. The van der Waals surface area contributed by atoms with Crippen LogP contribution in [-0.4, -0.2) is 36.1 Å². The van der Waals surface area contributed by atoms with E-state index in [1.807, 2.05) is 0 Å². The molecular formula is C10H12N2O4. The van der Waals surface area contributed by atoms with Crippen molar-refractivity contribution in [3.8, 4) is 0 Å². The van der Waals surface area contributed by atoms with Crippen molar-refractivity contribution in [2.45, 2.75) is 6.42 Å². The molecule has 0 saturated carbocycles. The number of aromatic nitrogens is 2. The van der Waals surface area contributed by atoms with Crippen LogP contribution in [0.5, 0.6) is 0 Å². The maximum Gasteiger partial charge on any atom is 0.320 e. The van der Waals surface area contributed by atoms with Crippen LogP contribution >= 0.6 is 0 Å². The predicted molar refractivity (Wildman–Crippen MR) is 53.3 cm³/mol. The van der Waals surface area contributed by atoms with Crippen LogP contribution in [-0.2, 0) is 25.5 Å². The summed E-state index contributed by atoms with van der Waals surface area (Å²) in [5.41, 5.74) is 0. The Kier molecular flexibility index (Phi) is 4.38. The van der Waals surface area contributed by atoms with Crippen molar-refractivity contribution in [3.63, 3.8) is 0 Å². The van der Waals surface area contributed by atoms with Gasteiger partial charge in [-0.1, -0.05) is 0 Å². The van der Waals surface area contributed by atoms with E-state index in [2.05, 4.69) is 19.4 Å². The summed E-state index contributed by atoms with van der Waals surface area (Å²) >= 11 is 0. The van der Waals surface area contributed by atoms with Gasteiger partial charge in [0, 0.05) is 18.8 Å². The Balaban J connectivity index is 2.79. The molecule has 6 nitrogen and oxygen atoms in total. The first-order valence-electron chi connectivity index (χ1n) is 4.60. The van der Waals surface area contributed by atoms with Crippen LogP contribution in [0.4, 0.5) is 0 Å². The van der Waals surface area contributed by atoms with Crippen LogP contribution in [0.15, 0.2) is 18.5 Å². The molecule has 86 valence electrons. The van der Waals surface area contributed by atoms with Crippen molar-refractivity contribution in [1.82, 2.24) is 9.97 Å². The molecule has 0 bridgehead atoms. The number of ether oxygens (including phenoxy) is 2.